The van der Waals surface area contributed by atoms with E-state index in [0.717, 1.165) is 0 Å². The van der Waals surface area contributed by atoms with Gasteiger partial charge in [0.25, 0.3) is 0 Å². The molecule has 1 aromatic carbocycles. The SMILES string of the molecule is O=Nc1c(-c2ccc(F)cc2)nc2ncccn12. The third kappa shape index (κ3) is 1.55. The van der Waals surface area contributed by atoms with Crippen LogP contribution in [0.2, 0.25) is 0 Å². The fourth-order valence-electron chi connectivity index (χ4n) is 1.76. The molecule has 0 aliphatic carbocycles. The summed E-state index contributed by atoms with van der Waals surface area (Å²) in [5.41, 5.74) is 1.01. The minimum Gasteiger partial charge on any atom is -0.265 e. The summed E-state index contributed by atoms with van der Waals surface area (Å²) >= 11 is 0. The summed E-state index contributed by atoms with van der Waals surface area (Å²) < 4.78 is 14.4. The van der Waals surface area contributed by atoms with Crippen molar-refractivity contribution in [3.8, 4) is 11.3 Å². The Balaban J connectivity index is 2.28. The summed E-state index contributed by atoms with van der Waals surface area (Å²) in [6.07, 6.45) is 3.23. The van der Waals surface area contributed by atoms with Crippen LogP contribution in [0.3, 0.4) is 0 Å². The minimum atomic E-state index is -0.346. The molecule has 2 aromatic heterocycles. The number of hydrogen-bond acceptors (Lipinski definition) is 4. The Morgan fingerprint density at radius 1 is 1.22 bits per heavy atom. The second-order valence-electron chi connectivity index (χ2n) is 3.67. The third-order valence-electron chi connectivity index (χ3n) is 2.58. The van der Waals surface area contributed by atoms with E-state index < -0.39 is 0 Å². The number of benzene rings is 1. The summed E-state index contributed by atoms with van der Waals surface area (Å²) in [7, 11) is 0. The maximum atomic E-state index is 12.9. The molecule has 18 heavy (non-hydrogen) atoms. The molecule has 0 bridgehead atoms. The van der Waals surface area contributed by atoms with E-state index in [9.17, 15) is 9.30 Å². The molecule has 88 valence electrons. The average Bonchev–Trinajstić information content (AvgIpc) is 2.78. The first kappa shape index (κ1) is 10.5. The van der Waals surface area contributed by atoms with Gasteiger partial charge < -0.3 is 0 Å². The molecule has 3 aromatic rings. The summed E-state index contributed by atoms with van der Waals surface area (Å²) in [6, 6.07) is 7.39. The highest BCUT2D eigenvalue weighted by Crippen LogP contribution is 2.29. The van der Waals surface area contributed by atoms with Crippen LogP contribution in [0.1, 0.15) is 0 Å². The number of nitrogens with zero attached hydrogens (tertiary/aromatic N) is 4. The van der Waals surface area contributed by atoms with Gasteiger partial charge in [-0.2, -0.15) is 0 Å². The number of hydrogen-bond donors (Lipinski definition) is 0. The van der Waals surface area contributed by atoms with E-state index in [1.54, 1.807) is 30.6 Å². The maximum Gasteiger partial charge on any atom is 0.236 e. The first-order chi connectivity index (χ1) is 8.79. The molecule has 0 saturated heterocycles. The first-order valence-electron chi connectivity index (χ1n) is 5.22. The molecule has 0 N–H and O–H groups in total. The van der Waals surface area contributed by atoms with Crippen LogP contribution in [-0.4, -0.2) is 14.4 Å². The van der Waals surface area contributed by atoms with Crippen LogP contribution in [0.15, 0.2) is 47.9 Å². The molecule has 0 saturated carbocycles. The zero-order valence-corrected chi connectivity index (χ0v) is 9.12. The summed E-state index contributed by atoms with van der Waals surface area (Å²) in [6.45, 7) is 0. The standard InChI is InChI=1S/C12H7FN4O/c13-9-4-2-8(3-5-9)10-11(16-18)17-7-1-6-14-12(17)15-10/h1-7H. The van der Waals surface area contributed by atoms with Crippen molar-refractivity contribution in [1.29, 1.82) is 0 Å². The molecule has 0 amide bonds. The van der Waals surface area contributed by atoms with Crippen LogP contribution in [0.5, 0.6) is 0 Å². The second-order valence-corrected chi connectivity index (χ2v) is 3.67. The first-order valence-corrected chi connectivity index (χ1v) is 5.22. The van der Waals surface area contributed by atoms with Gasteiger partial charge >= 0.3 is 0 Å². The number of imidazole rings is 1. The van der Waals surface area contributed by atoms with Crippen molar-refractivity contribution in [3.63, 3.8) is 0 Å². The number of rotatable bonds is 2. The average molecular weight is 242 g/mol. The molecule has 0 radical (unpaired) electrons. The van der Waals surface area contributed by atoms with Gasteiger partial charge in [0, 0.05) is 18.0 Å². The van der Waals surface area contributed by atoms with Gasteiger partial charge in [-0.1, -0.05) is 0 Å². The molecule has 0 spiro atoms. The van der Waals surface area contributed by atoms with Crippen LogP contribution in [0.25, 0.3) is 17.0 Å². The predicted molar refractivity (Wildman–Crippen MR) is 63.8 cm³/mol. The molecule has 2 heterocycles. The molecule has 5 nitrogen and oxygen atoms in total. The van der Waals surface area contributed by atoms with Crippen molar-refractivity contribution in [1.82, 2.24) is 14.4 Å². The van der Waals surface area contributed by atoms with Crippen LogP contribution in [0, 0.1) is 10.7 Å². The number of aromatic nitrogens is 3. The predicted octanol–water partition coefficient (Wildman–Crippen LogP) is 2.93. The molecule has 6 heteroatoms. The van der Waals surface area contributed by atoms with Gasteiger partial charge in [-0.3, -0.25) is 4.40 Å². The van der Waals surface area contributed by atoms with Gasteiger partial charge in [-0.05, 0) is 35.5 Å². The highest BCUT2D eigenvalue weighted by molar-refractivity contribution is 5.73. The van der Waals surface area contributed by atoms with Crippen molar-refractivity contribution >= 4 is 11.6 Å². The zero-order chi connectivity index (χ0) is 12.5. The molecule has 0 aliphatic rings. The van der Waals surface area contributed by atoms with Gasteiger partial charge in [0.2, 0.25) is 11.6 Å². The van der Waals surface area contributed by atoms with E-state index in [0.29, 0.717) is 17.0 Å². The monoisotopic (exact) mass is 242 g/mol. The van der Waals surface area contributed by atoms with Crippen molar-refractivity contribution < 1.29 is 4.39 Å². The van der Waals surface area contributed by atoms with Gasteiger partial charge in [0.15, 0.2) is 0 Å². The molecule has 3 rings (SSSR count). The Kier molecular flexibility index (Phi) is 2.33. The van der Waals surface area contributed by atoms with Crippen LogP contribution >= 0.6 is 0 Å². The number of nitroso groups, excluding NO2 is 1. The highest BCUT2D eigenvalue weighted by Gasteiger charge is 2.14. The van der Waals surface area contributed by atoms with E-state index in [2.05, 4.69) is 15.1 Å². The Bertz CT molecular complexity index is 721. The lowest BCUT2D eigenvalue weighted by atomic mass is 10.1. The lowest BCUT2D eigenvalue weighted by molar-refractivity contribution is 0.628. The fourth-order valence-corrected chi connectivity index (χ4v) is 1.76. The molecule has 0 aliphatic heterocycles. The van der Waals surface area contributed by atoms with E-state index in [1.807, 2.05) is 0 Å². The molecule has 0 fully saturated rings. The molecule has 0 unspecified atom stereocenters. The lowest BCUT2D eigenvalue weighted by Crippen LogP contribution is -1.84. The fraction of sp³-hybridized carbons (Fsp3) is 0. The minimum absolute atomic E-state index is 0.157. The van der Waals surface area contributed by atoms with E-state index >= 15 is 0 Å². The van der Waals surface area contributed by atoms with Crippen LogP contribution in [-0.2, 0) is 0 Å². The van der Waals surface area contributed by atoms with Crippen LogP contribution < -0.4 is 0 Å². The van der Waals surface area contributed by atoms with E-state index in [1.165, 1.54) is 16.5 Å². The van der Waals surface area contributed by atoms with Gasteiger partial charge in [0.1, 0.15) is 11.5 Å². The smallest absolute Gasteiger partial charge is 0.236 e. The summed E-state index contributed by atoms with van der Waals surface area (Å²) in [5.74, 6) is 0.192. The lowest BCUT2D eigenvalue weighted by Gasteiger charge is -1.96. The Morgan fingerprint density at radius 3 is 2.72 bits per heavy atom. The Hall–Kier alpha value is -2.63. The highest BCUT2D eigenvalue weighted by atomic mass is 19.1. The largest absolute Gasteiger partial charge is 0.265 e. The quantitative estimate of drug-likeness (QED) is 0.649. The second kappa shape index (κ2) is 3.99. The van der Waals surface area contributed by atoms with Crippen molar-refractivity contribution in [2.24, 2.45) is 5.18 Å². The van der Waals surface area contributed by atoms with Crippen molar-refractivity contribution in [3.05, 3.63) is 53.4 Å². The third-order valence-corrected chi connectivity index (χ3v) is 2.58. The number of halogens is 1. The van der Waals surface area contributed by atoms with Gasteiger partial charge in [0.05, 0.1) is 0 Å². The van der Waals surface area contributed by atoms with Gasteiger partial charge in [-0.25, -0.2) is 14.4 Å². The number of fused-ring (bicyclic) bond motifs is 1. The van der Waals surface area contributed by atoms with Crippen molar-refractivity contribution in [2.75, 3.05) is 0 Å². The van der Waals surface area contributed by atoms with Crippen molar-refractivity contribution in [2.45, 2.75) is 0 Å². The Labute approximate surface area is 101 Å². The maximum absolute atomic E-state index is 12.9. The van der Waals surface area contributed by atoms with E-state index in [-0.39, 0.29) is 11.6 Å². The Morgan fingerprint density at radius 2 is 2.00 bits per heavy atom. The molecular weight excluding hydrogens is 235 g/mol. The summed E-state index contributed by atoms with van der Waals surface area (Å²) in [4.78, 5) is 19.2. The zero-order valence-electron chi connectivity index (χ0n) is 9.12. The normalized spacial score (nSPS) is 10.7. The van der Waals surface area contributed by atoms with Crippen LogP contribution in [0.4, 0.5) is 10.2 Å². The molecule has 0 atom stereocenters. The van der Waals surface area contributed by atoms with Gasteiger partial charge in [-0.15, -0.1) is 4.91 Å². The van der Waals surface area contributed by atoms with E-state index in [4.69, 9.17) is 0 Å². The topological polar surface area (TPSA) is 59.6 Å². The summed E-state index contributed by atoms with van der Waals surface area (Å²) in [5, 5.41) is 2.97. The molecular formula is C12H7FN4O.